The van der Waals surface area contributed by atoms with E-state index < -0.39 is 10.8 Å². The Kier molecular flexibility index (Phi) is 4.31. The molecular formula is C12H7BrClN3O3. The summed E-state index contributed by atoms with van der Waals surface area (Å²) in [7, 11) is 0. The Morgan fingerprint density at radius 3 is 2.60 bits per heavy atom. The van der Waals surface area contributed by atoms with Gasteiger partial charge in [-0.05, 0) is 34.1 Å². The lowest BCUT2D eigenvalue weighted by Crippen LogP contribution is -2.13. The molecule has 0 spiro atoms. The van der Waals surface area contributed by atoms with Crippen molar-refractivity contribution < 1.29 is 9.72 Å². The Balaban J connectivity index is 2.19. The highest BCUT2D eigenvalue weighted by Crippen LogP contribution is 2.20. The molecule has 0 aliphatic rings. The zero-order chi connectivity index (χ0) is 14.7. The molecule has 8 heteroatoms. The number of anilines is 1. The maximum absolute atomic E-state index is 12.0. The topological polar surface area (TPSA) is 85.1 Å². The van der Waals surface area contributed by atoms with E-state index >= 15 is 0 Å². The Labute approximate surface area is 127 Å². The van der Waals surface area contributed by atoms with Crippen LogP contribution in [-0.4, -0.2) is 15.8 Å². The summed E-state index contributed by atoms with van der Waals surface area (Å²) in [4.78, 5) is 25.9. The summed E-state index contributed by atoms with van der Waals surface area (Å²) in [6, 6.07) is 7.02. The minimum absolute atomic E-state index is 0.0508. The van der Waals surface area contributed by atoms with Gasteiger partial charge in [0.05, 0.1) is 10.5 Å². The number of nitro groups is 1. The molecule has 1 aromatic heterocycles. The molecule has 0 fully saturated rings. The molecule has 1 aromatic carbocycles. The van der Waals surface area contributed by atoms with Crippen LogP contribution in [0.3, 0.4) is 0 Å². The van der Waals surface area contributed by atoms with Gasteiger partial charge in [0.25, 0.3) is 11.6 Å². The number of pyridine rings is 1. The molecular weight excluding hydrogens is 350 g/mol. The molecule has 2 aromatic rings. The van der Waals surface area contributed by atoms with E-state index in [-0.39, 0.29) is 16.4 Å². The van der Waals surface area contributed by atoms with Gasteiger partial charge in [0, 0.05) is 28.5 Å². The van der Waals surface area contributed by atoms with Crippen LogP contribution in [0.1, 0.15) is 10.4 Å². The number of hydrogen-bond acceptors (Lipinski definition) is 4. The minimum atomic E-state index is -0.513. The molecule has 0 saturated carbocycles. The number of rotatable bonds is 3. The second kappa shape index (κ2) is 5.98. The molecule has 1 amide bonds. The van der Waals surface area contributed by atoms with Gasteiger partial charge >= 0.3 is 0 Å². The van der Waals surface area contributed by atoms with Crippen LogP contribution in [-0.2, 0) is 0 Å². The molecule has 1 heterocycles. The molecule has 1 N–H and O–H groups in total. The SMILES string of the molecule is O=C(Nc1ccc([N+](=O)[O-])cc1)c1cc(Br)cnc1Cl. The van der Waals surface area contributed by atoms with Crippen molar-refractivity contribution in [2.24, 2.45) is 0 Å². The summed E-state index contributed by atoms with van der Waals surface area (Å²) in [5.74, 6) is -0.447. The first-order chi connectivity index (χ1) is 9.47. The molecule has 6 nitrogen and oxygen atoms in total. The molecule has 102 valence electrons. The van der Waals surface area contributed by atoms with Crippen LogP contribution in [0.4, 0.5) is 11.4 Å². The van der Waals surface area contributed by atoms with Gasteiger partial charge in [-0.1, -0.05) is 11.6 Å². The van der Waals surface area contributed by atoms with E-state index in [1.54, 1.807) is 0 Å². The lowest BCUT2D eigenvalue weighted by Gasteiger charge is -2.06. The van der Waals surface area contributed by atoms with E-state index in [2.05, 4.69) is 26.2 Å². The maximum atomic E-state index is 12.0. The Hall–Kier alpha value is -1.99. The molecule has 0 radical (unpaired) electrons. The van der Waals surface area contributed by atoms with Crippen molar-refractivity contribution in [2.75, 3.05) is 5.32 Å². The zero-order valence-corrected chi connectivity index (χ0v) is 12.2. The van der Waals surface area contributed by atoms with Crippen LogP contribution in [0.15, 0.2) is 41.0 Å². The number of carbonyl (C=O) groups excluding carboxylic acids is 1. The second-order valence-electron chi connectivity index (χ2n) is 3.75. The number of halogens is 2. The van der Waals surface area contributed by atoms with Crippen LogP contribution < -0.4 is 5.32 Å². The number of carbonyl (C=O) groups is 1. The Bertz CT molecular complexity index is 676. The van der Waals surface area contributed by atoms with Crippen molar-refractivity contribution in [3.05, 3.63) is 61.8 Å². The fraction of sp³-hybridized carbons (Fsp3) is 0. The largest absolute Gasteiger partial charge is 0.322 e. The van der Waals surface area contributed by atoms with Gasteiger partial charge in [0.2, 0.25) is 0 Å². The van der Waals surface area contributed by atoms with Crippen LogP contribution in [0.25, 0.3) is 0 Å². The molecule has 0 aliphatic heterocycles. The molecule has 20 heavy (non-hydrogen) atoms. The average molecular weight is 357 g/mol. The molecule has 0 saturated heterocycles. The van der Waals surface area contributed by atoms with Gasteiger partial charge in [0.15, 0.2) is 0 Å². The van der Waals surface area contributed by atoms with Crippen LogP contribution in [0, 0.1) is 10.1 Å². The van der Waals surface area contributed by atoms with E-state index in [0.717, 1.165) is 0 Å². The lowest BCUT2D eigenvalue weighted by molar-refractivity contribution is -0.384. The van der Waals surface area contributed by atoms with Gasteiger partial charge in [-0.2, -0.15) is 0 Å². The van der Waals surface area contributed by atoms with E-state index in [0.29, 0.717) is 10.2 Å². The average Bonchev–Trinajstić information content (AvgIpc) is 2.42. The van der Waals surface area contributed by atoms with Gasteiger partial charge in [-0.25, -0.2) is 4.98 Å². The summed E-state index contributed by atoms with van der Waals surface area (Å²) in [6.07, 6.45) is 1.48. The van der Waals surface area contributed by atoms with Gasteiger partial charge in [0.1, 0.15) is 5.15 Å². The van der Waals surface area contributed by atoms with Crippen molar-refractivity contribution in [1.82, 2.24) is 4.98 Å². The first-order valence-electron chi connectivity index (χ1n) is 5.34. The highest BCUT2D eigenvalue weighted by atomic mass is 79.9. The van der Waals surface area contributed by atoms with Crippen molar-refractivity contribution in [3.63, 3.8) is 0 Å². The zero-order valence-electron chi connectivity index (χ0n) is 9.84. The molecule has 0 aliphatic carbocycles. The third-order valence-electron chi connectivity index (χ3n) is 2.39. The standard InChI is InChI=1S/C12H7BrClN3O3/c13-7-5-10(11(14)15-6-7)12(18)16-8-1-3-9(4-2-8)17(19)20/h1-6H,(H,16,18). The first kappa shape index (κ1) is 14.4. The summed E-state index contributed by atoms with van der Waals surface area (Å²) in [5.41, 5.74) is 0.584. The van der Waals surface area contributed by atoms with Crippen molar-refractivity contribution in [1.29, 1.82) is 0 Å². The third-order valence-corrected chi connectivity index (χ3v) is 3.12. The highest BCUT2D eigenvalue weighted by molar-refractivity contribution is 9.10. The number of benzene rings is 1. The Morgan fingerprint density at radius 2 is 2.00 bits per heavy atom. The lowest BCUT2D eigenvalue weighted by atomic mass is 10.2. The van der Waals surface area contributed by atoms with Gasteiger partial charge in [-0.3, -0.25) is 14.9 Å². The van der Waals surface area contributed by atoms with Crippen LogP contribution >= 0.6 is 27.5 Å². The summed E-state index contributed by atoms with van der Waals surface area (Å²) >= 11 is 9.04. The number of aromatic nitrogens is 1. The first-order valence-corrected chi connectivity index (χ1v) is 6.51. The smallest absolute Gasteiger partial charge is 0.269 e. The number of amides is 1. The molecule has 0 unspecified atom stereocenters. The number of nitrogens with zero attached hydrogens (tertiary/aromatic N) is 2. The third kappa shape index (κ3) is 3.31. The molecule has 0 atom stereocenters. The summed E-state index contributed by atoms with van der Waals surface area (Å²) < 4.78 is 0.621. The number of non-ortho nitro benzene ring substituents is 1. The number of hydrogen-bond donors (Lipinski definition) is 1. The highest BCUT2D eigenvalue weighted by Gasteiger charge is 2.13. The number of nitrogens with one attached hydrogen (secondary N) is 1. The van der Waals surface area contributed by atoms with Gasteiger partial charge in [-0.15, -0.1) is 0 Å². The quantitative estimate of drug-likeness (QED) is 0.516. The van der Waals surface area contributed by atoms with Crippen LogP contribution in [0.5, 0.6) is 0 Å². The Morgan fingerprint density at radius 1 is 1.35 bits per heavy atom. The monoisotopic (exact) mass is 355 g/mol. The summed E-state index contributed by atoms with van der Waals surface area (Å²) in [5, 5.41) is 13.2. The predicted molar refractivity (Wildman–Crippen MR) is 78.0 cm³/mol. The number of nitro benzene ring substituents is 1. The van der Waals surface area contributed by atoms with Crippen molar-refractivity contribution in [3.8, 4) is 0 Å². The van der Waals surface area contributed by atoms with E-state index in [1.165, 1.54) is 36.5 Å². The normalized spacial score (nSPS) is 10.1. The van der Waals surface area contributed by atoms with Crippen molar-refractivity contribution in [2.45, 2.75) is 0 Å². The van der Waals surface area contributed by atoms with Crippen molar-refractivity contribution >= 4 is 44.8 Å². The van der Waals surface area contributed by atoms with Gasteiger partial charge < -0.3 is 5.32 Å². The van der Waals surface area contributed by atoms with E-state index in [9.17, 15) is 14.9 Å². The fourth-order valence-electron chi connectivity index (χ4n) is 1.45. The fourth-order valence-corrected chi connectivity index (χ4v) is 1.97. The summed E-state index contributed by atoms with van der Waals surface area (Å²) in [6.45, 7) is 0. The van der Waals surface area contributed by atoms with E-state index in [4.69, 9.17) is 11.6 Å². The van der Waals surface area contributed by atoms with E-state index in [1.807, 2.05) is 0 Å². The second-order valence-corrected chi connectivity index (χ2v) is 5.02. The van der Waals surface area contributed by atoms with Crippen LogP contribution in [0.2, 0.25) is 5.15 Å². The molecule has 2 rings (SSSR count). The molecule has 0 bridgehead atoms. The predicted octanol–water partition coefficient (Wildman–Crippen LogP) is 3.66. The minimum Gasteiger partial charge on any atom is -0.322 e. The maximum Gasteiger partial charge on any atom is 0.269 e.